The molecule has 3 aromatic rings. The molecule has 1 saturated heterocycles. The second-order valence-corrected chi connectivity index (χ2v) is 6.97. The van der Waals surface area contributed by atoms with Crippen LogP contribution in [-0.4, -0.2) is 39.9 Å². The Morgan fingerprint density at radius 1 is 1.26 bits per heavy atom. The molecule has 2 N–H and O–H groups in total. The highest BCUT2D eigenvalue weighted by Gasteiger charge is 2.42. The number of H-pyrrole nitrogens is 1. The van der Waals surface area contributed by atoms with Crippen molar-refractivity contribution in [3.05, 3.63) is 70.1 Å². The molecule has 0 saturated carbocycles. The first-order valence-electron chi connectivity index (χ1n) is 8.65. The van der Waals surface area contributed by atoms with E-state index in [0.717, 1.165) is 16.5 Å². The zero-order valence-electron chi connectivity index (χ0n) is 14.8. The minimum absolute atomic E-state index is 0.125. The number of hydrogen-bond acceptors (Lipinski definition) is 5. The van der Waals surface area contributed by atoms with Gasteiger partial charge in [-0.05, 0) is 36.1 Å². The first kappa shape index (κ1) is 17.2. The monoisotopic (exact) mass is 365 g/mol. The average Bonchev–Trinajstić information content (AvgIpc) is 2.98. The molecule has 7 nitrogen and oxygen atoms in total. The Balaban J connectivity index is 1.56. The topological polar surface area (TPSA) is 95.5 Å². The Morgan fingerprint density at radius 3 is 2.78 bits per heavy atom. The summed E-state index contributed by atoms with van der Waals surface area (Å²) >= 11 is 0. The number of aliphatic hydroxyl groups is 1. The van der Waals surface area contributed by atoms with E-state index < -0.39 is 11.7 Å². The summed E-state index contributed by atoms with van der Waals surface area (Å²) in [5, 5.41) is 10.3. The number of cyclic esters (lactones) is 1. The Kier molecular flexibility index (Phi) is 4.16. The molecule has 1 aromatic carbocycles. The van der Waals surface area contributed by atoms with Crippen molar-refractivity contribution in [2.24, 2.45) is 0 Å². The van der Waals surface area contributed by atoms with Crippen LogP contribution in [0.4, 0.5) is 10.6 Å². The summed E-state index contributed by atoms with van der Waals surface area (Å²) in [6.07, 6.45) is 1.55. The van der Waals surface area contributed by atoms with Crippen LogP contribution in [0.15, 0.2) is 53.5 Å². The number of carbonyl (C=O) groups is 1. The van der Waals surface area contributed by atoms with Crippen molar-refractivity contribution in [3.63, 3.8) is 0 Å². The van der Waals surface area contributed by atoms with Crippen LogP contribution >= 0.6 is 0 Å². The molecule has 1 unspecified atom stereocenters. The molecule has 138 valence electrons. The zero-order valence-corrected chi connectivity index (χ0v) is 14.8. The quantitative estimate of drug-likeness (QED) is 0.739. The smallest absolute Gasteiger partial charge is 0.416 e. The standard InChI is InChI=1S/C20H19N3O4/c1-20(12-24)11-23(19(26)27-20)17-7-6-13(10-21-17)8-15-9-14-4-2-3-5-16(14)22-18(15)25/h2-7,9-10,24H,8,11-12H2,1H3,(H,22,25). The number of aromatic nitrogens is 2. The minimum Gasteiger partial charge on any atom is -0.438 e. The molecule has 0 bridgehead atoms. The molecule has 3 heterocycles. The number of amides is 1. The highest BCUT2D eigenvalue weighted by atomic mass is 16.6. The predicted molar refractivity (Wildman–Crippen MR) is 101 cm³/mol. The van der Waals surface area contributed by atoms with Crippen molar-refractivity contribution >= 4 is 22.8 Å². The van der Waals surface area contributed by atoms with Crippen molar-refractivity contribution in [2.45, 2.75) is 18.9 Å². The Hall–Kier alpha value is -3.19. The van der Waals surface area contributed by atoms with Gasteiger partial charge in [-0.25, -0.2) is 9.78 Å². The highest BCUT2D eigenvalue weighted by Crippen LogP contribution is 2.26. The number of carbonyl (C=O) groups excluding carboxylic acids is 1. The third kappa shape index (κ3) is 3.29. The van der Waals surface area contributed by atoms with Crippen LogP contribution in [0.1, 0.15) is 18.1 Å². The summed E-state index contributed by atoms with van der Waals surface area (Å²) in [6.45, 7) is 1.66. The van der Waals surface area contributed by atoms with Crippen LogP contribution in [0.25, 0.3) is 10.9 Å². The normalized spacial score (nSPS) is 19.5. The van der Waals surface area contributed by atoms with Gasteiger partial charge in [-0.2, -0.15) is 0 Å². The van der Waals surface area contributed by atoms with Crippen LogP contribution in [-0.2, 0) is 11.2 Å². The van der Waals surface area contributed by atoms with Crippen molar-refractivity contribution in [1.29, 1.82) is 0 Å². The van der Waals surface area contributed by atoms with Gasteiger partial charge < -0.3 is 14.8 Å². The minimum atomic E-state index is -0.921. The summed E-state index contributed by atoms with van der Waals surface area (Å²) in [7, 11) is 0. The molecule has 0 radical (unpaired) electrons. The number of aromatic amines is 1. The number of rotatable bonds is 4. The summed E-state index contributed by atoms with van der Waals surface area (Å²) in [5.74, 6) is 0.452. The molecule has 1 amide bonds. The first-order chi connectivity index (χ1) is 13.0. The van der Waals surface area contributed by atoms with Crippen molar-refractivity contribution in [1.82, 2.24) is 9.97 Å². The van der Waals surface area contributed by atoms with Crippen molar-refractivity contribution in [2.75, 3.05) is 18.1 Å². The number of ether oxygens (including phenoxy) is 1. The molecule has 1 aliphatic heterocycles. The van der Waals surface area contributed by atoms with Crippen LogP contribution in [0.3, 0.4) is 0 Å². The van der Waals surface area contributed by atoms with E-state index in [1.54, 1.807) is 19.2 Å². The fraction of sp³-hybridized carbons (Fsp3) is 0.250. The lowest BCUT2D eigenvalue weighted by Crippen LogP contribution is -2.35. The van der Waals surface area contributed by atoms with Crippen LogP contribution < -0.4 is 10.5 Å². The van der Waals surface area contributed by atoms with Gasteiger partial charge in [-0.15, -0.1) is 0 Å². The van der Waals surface area contributed by atoms with Gasteiger partial charge >= 0.3 is 6.09 Å². The second kappa shape index (κ2) is 6.51. The van der Waals surface area contributed by atoms with Crippen molar-refractivity contribution < 1.29 is 14.6 Å². The largest absolute Gasteiger partial charge is 0.438 e. The first-order valence-corrected chi connectivity index (χ1v) is 8.65. The fourth-order valence-electron chi connectivity index (χ4n) is 3.18. The molecule has 1 fully saturated rings. The average molecular weight is 365 g/mol. The van der Waals surface area contributed by atoms with Gasteiger partial charge in [0.15, 0.2) is 5.60 Å². The lowest BCUT2D eigenvalue weighted by atomic mass is 10.1. The Bertz CT molecular complexity index is 1060. The second-order valence-electron chi connectivity index (χ2n) is 6.97. The number of aliphatic hydroxyl groups excluding tert-OH is 1. The van der Waals surface area contributed by atoms with Crippen LogP contribution in [0, 0.1) is 0 Å². The highest BCUT2D eigenvalue weighted by molar-refractivity contribution is 5.89. The van der Waals surface area contributed by atoms with Gasteiger partial charge in [-0.3, -0.25) is 9.69 Å². The van der Waals surface area contributed by atoms with Crippen molar-refractivity contribution in [3.8, 4) is 0 Å². The van der Waals surface area contributed by atoms with E-state index in [1.165, 1.54) is 4.90 Å². The number of benzene rings is 1. The maximum absolute atomic E-state index is 12.3. The molecule has 0 aliphatic carbocycles. The molecule has 4 rings (SSSR count). The van der Waals surface area contributed by atoms with Crippen LogP contribution in [0.5, 0.6) is 0 Å². The van der Waals surface area contributed by atoms with Gasteiger partial charge in [-0.1, -0.05) is 24.3 Å². The van der Waals surface area contributed by atoms with E-state index in [1.807, 2.05) is 36.4 Å². The van der Waals surface area contributed by atoms with E-state index in [9.17, 15) is 14.7 Å². The lowest BCUT2D eigenvalue weighted by Gasteiger charge is -2.17. The SMILES string of the molecule is CC1(CO)CN(c2ccc(Cc3cc4ccccc4[nH]c3=O)cn2)C(=O)O1. The summed E-state index contributed by atoms with van der Waals surface area (Å²) in [6, 6.07) is 13.1. The number of nitrogens with one attached hydrogen (secondary N) is 1. The maximum Gasteiger partial charge on any atom is 0.416 e. The van der Waals surface area contributed by atoms with Gasteiger partial charge in [0, 0.05) is 23.7 Å². The molecule has 0 spiro atoms. The van der Waals surface area contributed by atoms with E-state index in [0.29, 0.717) is 17.8 Å². The Labute approximate surface area is 155 Å². The number of pyridine rings is 2. The molecule has 27 heavy (non-hydrogen) atoms. The molecule has 1 atom stereocenters. The fourth-order valence-corrected chi connectivity index (χ4v) is 3.18. The summed E-state index contributed by atoms with van der Waals surface area (Å²) in [4.78, 5) is 32.9. The summed E-state index contributed by atoms with van der Waals surface area (Å²) < 4.78 is 5.20. The Morgan fingerprint density at radius 2 is 2.07 bits per heavy atom. The van der Waals surface area contributed by atoms with E-state index in [-0.39, 0.29) is 18.7 Å². The molecule has 1 aliphatic rings. The molecular weight excluding hydrogens is 346 g/mol. The van der Waals surface area contributed by atoms with Gasteiger partial charge in [0.1, 0.15) is 5.82 Å². The molecule has 7 heteroatoms. The van der Waals surface area contributed by atoms with E-state index in [4.69, 9.17) is 4.74 Å². The number of para-hydroxylation sites is 1. The number of hydrogen-bond donors (Lipinski definition) is 2. The number of nitrogens with zero attached hydrogens (tertiary/aromatic N) is 2. The third-order valence-electron chi connectivity index (χ3n) is 4.69. The zero-order chi connectivity index (χ0) is 19.0. The number of fused-ring (bicyclic) bond motifs is 1. The lowest BCUT2D eigenvalue weighted by molar-refractivity contribution is 0.0219. The molecular formula is C20H19N3O4. The van der Waals surface area contributed by atoms with E-state index in [2.05, 4.69) is 9.97 Å². The third-order valence-corrected chi connectivity index (χ3v) is 4.69. The number of anilines is 1. The van der Waals surface area contributed by atoms with Gasteiger partial charge in [0.25, 0.3) is 5.56 Å². The predicted octanol–water partition coefficient (Wildman–Crippen LogP) is 2.22. The summed E-state index contributed by atoms with van der Waals surface area (Å²) in [5.41, 5.74) is 1.27. The molecule has 2 aromatic heterocycles. The van der Waals surface area contributed by atoms with E-state index >= 15 is 0 Å². The van der Waals surface area contributed by atoms with Gasteiger partial charge in [0.2, 0.25) is 0 Å². The van der Waals surface area contributed by atoms with Gasteiger partial charge in [0.05, 0.1) is 13.2 Å². The van der Waals surface area contributed by atoms with Crippen LogP contribution in [0.2, 0.25) is 0 Å². The maximum atomic E-state index is 12.3.